The molecule has 27 heavy (non-hydrogen) atoms. The van der Waals surface area contributed by atoms with Gasteiger partial charge in [0.25, 0.3) is 10.0 Å². The highest BCUT2D eigenvalue weighted by atomic mass is 32.2. The Hall–Kier alpha value is -1.70. The van der Waals surface area contributed by atoms with Gasteiger partial charge in [-0.2, -0.15) is 8.42 Å². The minimum atomic E-state index is -3.69. The maximum Gasteiger partial charge on any atom is 0.285 e. The molecule has 1 spiro atoms. The highest BCUT2D eigenvalue weighted by Gasteiger charge is 2.42. The molecule has 0 unspecified atom stereocenters. The van der Waals surface area contributed by atoms with Gasteiger partial charge in [-0.05, 0) is 24.0 Å². The second-order valence-corrected chi connectivity index (χ2v) is 9.26. The normalized spacial score (nSPS) is 24.1. The van der Waals surface area contributed by atoms with Crippen molar-refractivity contribution < 1.29 is 17.9 Å². The highest BCUT2D eigenvalue weighted by molar-refractivity contribution is 8.00. The van der Waals surface area contributed by atoms with E-state index in [-0.39, 0.29) is 0 Å². The summed E-state index contributed by atoms with van der Waals surface area (Å²) in [4.78, 5) is 2.36. The molecule has 0 aliphatic carbocycles. The summed E-state index contributed by atoms with van der Waals surface area (Å²) < 4.78 is 41.2. The minimum Gasteiger partial charge on any atom is -0.355 e. The molecule has 7 heteroatoms. The third-order valence-electron chi connectivity index (χ3n) is 5.62. The van der Waals surface area contributed by atoms with Gasteiger partial charge in [0.2, 0.25) is 0 Å². The first-order valence-electron chi connectivity index (χ1n) is 9.51. The lowest BCUT2D eigenvalue weighted by atomic mass is 10.00. The van der Waals surface area contributed by atoms with Crippen molar-refractivity contribution >= 4 is 20.8 Å². The monoisotopic (exact) mass is 390 g/mol. The molecule has 2 fully saturated rings. The molecule has 0 amide bonds. The molecule has 3 heterocycles. The molecule has 1 aromatic carbocycles. The molecule has 4 rings (SSSR count). The Morgan fingerprint density at radius 3 is 2.22 bits per heavy atom. The van der Waals surface area contributed by atoms with Gasteiger partial charge in [-0.1, -0.05) is 38.1 Å². The Kier molecular flexibility index (Phi) is 4.64. The molecule has 1 aromatic rings. The van der Waals surface area contributed by atoms with E-state index in [1.165, 1.54) is 5.56 Å². The summed E-state index contributed by atoms with van der Waals surface area (Å²) in [6.07, 6.45) is 1.44. The fourth-order valence-corrected chi connectivity index (χ4v) is 5.53. The van der Waals surface area contributed by atoms with Crippen molar-refractivity contribution in [3.8, 4) is 0 Å². The largest absolute Gasteiger partial charge is 0.355 e. The van der Waals surface area contributed by atoms with Crippen molar-refractivity contribution in [3.05, 3.63) is 41.0 Å². The average Bonchev–Trinajstić information content (AvgIpc) is 3.18. The predicted molar refractivity (Wildman–Crippen MR) is 105 cm³/mol. The molecule has 146 valence electrons. The summed E-state index contributed by atoms with van der Waals surface area (Å²) in [5, 5.41) is 0. The van der Waals surface area contributed by atoms with Crippen LogP contribution in [0.15, 0.2) is 34.2 Å². The minimum absolute atomic E-state index is 0.321. The summed E-state index contributed by atoms with van der Waals surface area (Å²) in [5.41, 5.74) is 2.61. The van der Waals surface area contributed by atoms with E-state index in [4.69, 9.17) is 9.47 Å². The summed E-state index contributed by atoms with van der Waals surface area (Å²) in [7, 11) is -3.69. The Morgan fingerprint density at radius 1 is 1.07 bits per heavy atom. The van der Waals surface area contributed by atoms with Crippen molar-refractivity contribution in [2.24, 2.45) is 4.40 Å². The van der Waals surface area contributed by atoms with Crippen LogP contribution in [0.1, 0.15) is 50.7 Å². The summed E-state index contributed by atoms with van der Waals surface area (Å²) >= 11 is 0. The molecule has 3 aliphatic heterocycles. The number of amidine groups is 1. The number of nitrogens with zero attached hydrogens (tertiary/aromatic N) is 2. The SMILES string of the molecule is CC1=C(c2ccc(C(C)C)cc2)S(=O)(=O)N=C1N1CCC2(CC1)OCCO2. The first kappa shape index (κ1) is 18.7. The van der Waals surface area contributed by atoms with E-state index in [0.717, 1.165) is 18.4 Å². The Balaban J connectivity index is 1.60. The molecule has 0 radical (unpaired) electrons. The maximum atomic E-state index is 12.8. The van der Waals surface area contributed by atoms with Crippen LogP contribution in [-0.2, 0) is 19.5 Å². The fourth-order valence-electron chi connectivity index (χ4n) is 4.05. The third kappa shape index (κ3) is 3.32. The summed E-state index contributed by atoms with van der Waals surface area (Å²) in [6.45, 7) is 8.69. The number of hydrogen-bond acceptors (Lipinski definition) is 5. The van der Waals surface area contributed by atoms with Gasteiger partial charge in [0.15, 0.2) is 5.79 Å². The molecule has 2 saturated heterocycles. The van der Waals surface area contributed by atoms with Crippen molar-refractivity contribution in [2.45, 2.75) is 45.3 Å². The molecule has 0 bridgehead atoms. The number of rotatable bonds is 2. The number of benzene rings is 1. The van der Waals surface area contributed by atoms with E-state index in [9.17, 15) is 8.42 Å². The van der Waals surface area contributed by atoms with Crippen LogP contribution in [-0.4, -0.2) is 51.2 Å². The standard InChI is InChI=1S/C20H26N2O4S/c1-14(2)16-4-6-17(7-5-16)18-15(3)19(21-27(18,23)24)22-10-8-20(9-11-22)25-12-13-26-20/h4-7,14H,8-13H2,1-3H3. The number of sulfonamides is 1. The molecule has 0 aromatic heterocycles. The second kappa shape index (κ2) is 6.72. The second-order valence-electron chi connectivity index (χ2n) is 7.72. The molecule has 0 atom stereocenters. The van der Waals surface area contributed by atoms with Crippen LogP contribution in [0, 0.1) is 0 Å². The lowest BCUT2D eigenvalue weighted by Gasteiger charge is -2.38. The van der Waals surface area contributed by atoms with Gasteiger partial charge in [-0.15, -0.1) is 4.40 Å². The Labute approximate surface area is 160 Å². The van der Waals surface area contributed by atoms with Crippen LogP contribution in [0.25, 0.3) is 4.91 Å². The van der Waals surface area contributed by atoms with Crippen LogP contribution >= 0.6 is 0 Å². The van der Waals surface area contributed by atoms with E-state index in [0.29, 0.717) is 48.5 Å². The topological polar surface area (TPSA) is 68.2 Å². The number of likely N-dealkylation sites (tertiary alicyclic amines) is 1. The highest BCUT2D eigenvalue weighted by Crippen LogP contribution is 2.37. The number of ether oxygens (including phenoxy) is 2. The van der Waals surface area contributed by atoms with Gasteiger partial charge >= 0.3 is 0 Å². The first-order chi connectivity index (χ1) is 12.8. The summed E-state index contributed by atoms with van der Waals surface area (Å²) in [5.74, 6) is 0.481. The van der Waals surface area contributed by atoms with Crippen molar-refractivity contribution in [1.29, 1.82) is 0 Å². The van der Waals surface area contributed by atoms with E-state index in [2.05, 4.69) is 18.2 Å². The van der Waals surface area contributed by atoms with E-state index < -0.39 is 15.8 Å². The zero-order chi connectivity index (χ0) is 19.2. The smallest absolute Gasteiger partial charge is 0.285 e. The quantitative estimate of drug-likeness (QED) is 0.776. The van der Waals surface area contributed by atoms with Gasteiger partial charge in [0.05, 0.1) is 13.2 Å². The average molecular weight is 391 g/mol. The van der Waals surface area contributed by atoms with Crippen LogP contribution < -0.4 is 0 Å². The Bertz CT molecular complexity index is 884. The van der Waals surface area contributed by atoms with Gasteiger partial charge in [0, 0.05) is 31.5 Å². The van der Waals surface area contributed by atoms with Crippen LogP contribution in [0.2, 0.25) is 0 Å². The van der Waals surface area contributed by atoms with Crippen molar-refractivity contribution in [2.75, 3.05) is 26.3 Å². The summed E-state index contributed by atoms with van der Waals surface area (Å²) in [6, 6.07) is 7.76. The third-order valence-corrected chi connectivity index (χ3v) is 7.09. The molecular formula is C20H26N2O4S. The number of hydrogen-bond donors (Lipinski definition) is 0. The van der Waals surface area contributed by atoms with Crippen LogP contribution in [0.3, 0.4) is 0 Å². The first-order valence-corrected chi connectivity index (χ1v) is 10.9. The van der Waals surface area contributed by atoms with Gasteiger partial charge in [-0.25, -0.2) is 0 Å². The molecule has 0 saturated carbocycles. The van der Waals surface area contributed by atoms with Gasteiger partial charge in [-0.3, -0.25) is 0 Å². The maximum absolute atomic E-state index is 12.8. The van der Waals surface area contributed by atoms with Crippen LogP contribution in [0.5, 0.6) is 0 Å². The molecule has 0 N–H and O–H groups in total. The lowest BCUT2D eigenvalue weighted by molar-refractivity contribution is -0.180. The van der Waals surface area contributed by atoms with Crippen molar-refractivity contribution in [1.82, 2.24) is 4.90 Å². The molecule has 6 nitrogen and oxygen atoms in total. The zero-order valence-electron chi connectivity index (χ0n) is 16.1. The van der Waals surface area contributed by atoms with E-state index in [1.54, 1.807) is 0 Å². The predicted octanol–water partition coefficient (Wildman–Crippen LogP) is 3.12. The fraction of sp³-hybridized carbons (Fsp3) is 0.550. The van der Waals surface area contributed by atoms with E-state index >= 15 is 0 Å². The molecule has 3 aliphatic rings. The van der Waals surface area contributed by atoms with Crippen molar-refractivity contribution in [3.63, 3.8) is 0 Å². The lowest BCUT2D eigenvalue weighted by Crippen LogP contribution is -2.47. The zero-order valence-corrected chi connectivity index (χ0v) is 16.9. The van der Waals surface area contributed by atoms with E-state index in [1.807, 2.05) is 36.1 Å². The molecular weight excluding hydrogens is 364 g/mol. The number of piperidine rings is 1. The van der Waals surface area contributed by atoms with Gasteiger partial charge < -0.3 is 14.4 Å². The van der Waals surface area contributed by atoms with Crippen LogP contribution in [0.4, 0.5) is 0 Å². The Morgan fingerprint density at radius 2 is 1.67 bits per heavy atom. The van der Waals surface area contributed by atoms with Gasteiger partial charge in [0.1, 0.15) is 10.7 Å².